The molecule has 1 amide bonds. The van der Waals surface area contributed by atoms with Gasteiger partial charge in [0, 0.05) is 0 Å². The molecule has 1 heterocycles. The molecular formula is C17H20N2OS. The number of aryl methyl sites for hydroxylation is 1. The number of benzene rings is 1. The number of nitrogens with zero attached hydrogens (tertiary/aromatic N) is 1. The molecule has 3 rings (SSSR count). The Morgan fingerprint density at radius 2 is 1.90 bits per heavy atom. The first-order valence-corrected chi connectivity index (χ1v) is 8.38. The fourth-order valence-electron chi connectivity index (χ4n) is 2.68. The standard InChI is InChI=1S/C17H20N2OS/c1-12-7-9-13(10-8-12)11-15-16(20)19-17(21-15)18-14-5-3-2-4-6-14/h7-11,14H,2-6H2,1H3,(H,18,19,20)/b15-11-. The Morgan fingerprint density at radius 3 is 2.62 bits per heavy atom. The highest BCUT2D eigenvalue weighted by molar-refractivity contribution is 8.18. The van der Waals surface area contributed by atoms with Crippen LogP contribution in [0.2, 0.25) is 0 Å². The van der Waals surface area contributed by atoms with E-state index in [1.165, 1.54) is 36.6 Å². The Bertz CT molecular complexity index is 583. The van der Waals surface area contributed by atoms with Crippen LogP contribution in [-0.4, -0.2) is 17.1 Å². The second-order valence-corrected chi connectivity index (χ2v) is 6.73. The lowest BCUT2D eigenvalue weighted by atomic mass is 9.96. The minimum Gasteiger partial charge on any atom is -0.301 e. The van der Waals surface area contributed by atoms with E-state index in [1.54, 1.807) is 0 Å². The molecule has 0 atom stereocenters. The molecule has 0 aromatic heterocycles. The average molecular weight is 300 g/mol. The lowest BCUT2D eigenvalue weighted by molar-refractivity contribution is -0.115. The highest BCUT2D eigenvalue weighted by Crippen LogP contribution is 2.28. The Hall–Kier alpha value is -1.55. The van der Waals surface area contributed by atoms with Crippen LogP contribution in [0.5, 0.6) is 0 Å². The molecule has 110 valence electrons. The van der Waals surface area contributed by atoms with Crippen LogP contribution in [0.1, 0.15) is 43.2 Å². The van der Waals surface area contributed by atoms with E-state index in [4.69, 9.17) is 4.99 Å². The summed E-state index contributed by atoms with van der Waals surface area (Å²) < 4.78 is 0. The van der Waals surface area contributed by atoms with Gasteiger partial charge in [0.2, 0.25) is 0 Å². The number of carbonyl (C=O) groups is 1. The van der Waals surface area contributed by atoms with E-state index in [9.17, 15) is 4.79 Å². The lowest BCUT2D eigenvalue weighted by Crippen LogP contribution is -2.22. The van der Waals surface area contributed by atoms with Gasteiger partial charge in [0.05, 0.1) is 10.9 Å². The minimum atomic E-state index is -0.0323. The quantitative estimate of drug-likeness (QED) is 0.842. The van der Waals surface area contributed by atoms with Crippen molar-refractivity contribution in [3.05, 3.63) is 40.3 Å². The summed E-state index contributed by atoms with van der Waals surface area (Å²) in [7, 11) is 0. The van der Waals surface area contributed by atoms with Gasteiger partial charge in [-0.1, -0.05) is 49.1 Å². The number of amides is 1. The first-order valence-electron chi connectivity index (χ1n) is 7.56. The molecule has 3 nitrogen and oxygen atoms in total. The summed E-state index contributed by atoms with van der Waals surface area (Å²) >= 11 is 1.46. The highest BCUT2D eigenvalue weighted by atomic mass is 32.2. The average Bonchev–Trinajstić information content (AvgIpc) is 2.82. The molecule has 1 aliphatic carbocycles. The van der Waals surface area contributed by atoms with Crippen molar-refractivity contribution in [2.24, 2.45) is 4.99 Å². The van der Waals surface area contributed by atoms with E-state index >= 15 is 0 Å². The zero-order valence-electron chi connectivity index (χ0n) is 12.3. The maximum absolute atomic E-state index is 12.0. The van der Waals surface area contributed by atoms with Gasteiger partial charge >= 0.3 is 0 Å². The van der Waals surface area contributed by atoms with Crippen molar-refractivity contribution in [1.82, 2.24) is 5.32 Å². The fourth-order valence-corrected chi connectivity index (χ4v) is 3.57. The van der Waals surface area contributed by atoms with E-state index in [2.05, 4.69) is 24.4 Å². The predicted octanol–water partition coefficient (Wildman–Crippen LogP) is 3.89. The number of thioether (sulfide) groups is 1. The first kappa shape index (κ1) is 14.4. The van der Waals surface area contributed by atoms with Crippen LogP contribution in [-0.2, 0) is 4.79 Å². The zero-order valence-corrected chi connectivity index (χ0v) is 13.1. The molecule has 1 N–H and O–H groups in total. The largest absolute Gasteiger partial charge is 0.301 e. The zero-order chi connectivity index (χ0) is 14.7. The third-order valence-electron chi connectivity index (χ3n) is 3.90. The van der Waals surface area contributed by atoms with E-state index < -0.39 is 0 Å². The van der Waals surface area contributed by atoms with Gasteiger partial charge in [0.15, 0.2) is 5.17 Å². The minimum absolute atomic E-state index is 0.0323. The predicted molar refractivity (Wildman–Crippen MR) is 89.2 cm³/mol. The van der Waals surface area contributed by atoms with Gasteiger partial charge in [-0.25, -0.2) is 0 Å². The van der Waals surface area contributed by atoms with Gasteiger partial charge < -0.3 is 5.32 Å². The van der Waals surface area contributed by atoms with Crippen molar-refractivity contribution in [2.75, 3.05) is 0 Å². The maximum atomic E-state index is 12.0. The molecule has 1 saturated heterocycles. The summed E-state index contributed by atoms with van der Waals surface area (Å²) in [6.07, 6.45) is 8.06. The molecule has 0 radical (unpaired) electrons. The summed E-state index contributed by atoms with van der Waals surface area (Å²) in [6, 6.07) is 8.57. The number of nitrogens with one attached hydrogen (secondary N) is 1. The summed E-state index contributed by atoms with van der Waals surface area (Å²) in [5.41, 5.74) is 2.28. The molecule has 1 aromatic carbocycles. The SMILES string of the molecule is Cc1ccc(/C=C2\SC(=NC3CCCCC3)NC2=O)cc1. The normalized spacial score (nSPS) is 23.8. The topological polar surface area (TPSA) is 41.5 Å². The van der Waals surface area contributed by atoms with Crippen LogP contribution < -0.4 is 5.32 Å². The number of amidine groups is 1. The molecule has 21 heavy (non-hydrogen) atoms. The van der Waals surface area contributed by atoms with Gasteiger partial charge in [0.25, 0.3) is 5.91 Å². The summed E-state index contributed by atoms with van der Waals surface area (Å²) in [4.78, 5) is 17.4. The monoisotopic (exact) mass is 300 g/mol. The van der Waals surface area contributed by atoms with Crippen LogP contribution >= 0.6 is 11.8 Å². The summed E-state index contributed by atoms with van der Waals surface area (Å²) in [5, 5.41) is 3.66. The number of hydrogen-bond acceptors (Lipinski definition) is 3. The molecule has 1 saturated carbocycles. The summed E-state index contributed by atoms with van der Waals surface area (Å²) in [6.45, 7) is 2.06. The molecule has 0 bridgehead atoms. The number of rotatable bonds is 2. The van der Waals surface area contributed by atoms with Crippen molar-refractivity contribution in [3.8, 4) is 0 Å². The van der Waals surface area contributed by atoms with Crippen LogP contribution in [0.3, 0.4) is 0 Å². The second kappa shape index (κ2) is 6.48. The molecule has 0 unspecified atom stereocenters. The maximum Gasteiger partial charge on any atom is 0.264 e. The van der Waals surface area contributed by atoms with Crippen LogP contribution in [0, 0.1) is 6.92 Å². The van der Waals surface area contributed by atoms with E-state index in [1.807, 2.05) is 18.2 Å². The third-order valence-corrected chi connectivity index (χ3v) is 4.82. The van der Waals surface area contributed by atoms with Gasteiger partial charge in [-0.2, -0.15) is 0 Å². The molecule has 4 heteroatoms. The molecule has 2 fully saturated rings. The lowest BCUT2D eigenvalue weighted by Gasteiger charge is -2.17. The molecule has 1 aliphatic heterocycles. The molecule has 2 aliphatic rings. The van der Waals surface area contributed by atoms with Crippen molar-refractivity contribution in [1.29, 1.82) is 0 Å². The van der Waals surface area contributed by atoms with Crippen LogP contribution in [0.4, 0.5) is 0 Å². The Morgan fingerprint density at radius 1 is 1.19 bits per heavy atom. The molecule has 1 aromatic rings. The Balaban J connectivity index is 1.72. The fraction of sp³-hybridized carbons (Fsp3) is 0.412. The van der Waals surface area contributed by atoms with Gasteiger partial charge in [-0.3, -0.25) is 9.79 Å². The number of aliphatic imine (C=N–C) groups is 1. The van der Waals surface area contributed by atoms with E-state index in [0.717, 1.165) is 28.5 Å². The van der Waals surface area contributed by atoms with Crippen molar-refractivity contribution >= 4 is 28.9 Å². The van der Waals surface area contributed by atoms with Gasteiger partial charge in [-0.15, -0.1) is 0 Å². The van der Waals surface area contributed by atoms with E-state index in [0.29, 0.717) is 6.04 Å². The van der Waals surface area contributed by atoms with Crippen molar-refractivity contribution in [3.63, 3.8) is 0 Å². The second-order valence-electron chi connectivity index (χ2n) is 5.70. The Labute approximate surface area is 129 Å². The van der Waals surface area contributed by atoms with Gasteiger partial charge in [-0.05, 0) is 43.2 Å². The smallest absolute Gasteiger partial charge is 0.264 e. The summed E-state index contributed by atoms with van der Waals surface area (Å²) in [5.74, 6) is -0.0323. The van der Waals surface area contributed by atoms with Crippen molar-refractivity contribution in [2.45, 2.75) is 45.1 Å². The Kier molecular flexibility index (Phi) is 4.44. The van der Waals surface area contributed by atoms with Crippen molar-refractivity contribution < 1.29 is 4.79 Å². The first-order chi connectivity index (χ1) is 10.2. The molecular weight excluding hydrogens is 280 g/mol. The third kappa shape index (κ3) is 3.76. The van der Waals surface area contributed by atoms with Gasteiger partial charge in [0.1, 0.15) is 0 Å². The van der Waals surface area contributed by atoms with Crippen LogP contribution in [0.25, 0.3) is 6.08 Å². The number of hydrogen-bond donors (Lipinski definition) is 1. The molecule has 0 spiro atoms. The highest BCUT2D eigenvalue weighted by Gasteiger charge is 2.25. The van der Waals surface area contributed by atoms with E-state index in [-0.39, 0.29) is 5.91 Å². The number of carbonyl (C=O) groups excluding carboxylic acids is 1. The van der Waals surface area contributed by atoms with Crippen LogP contribution in [0.15, 0.2) is 34.2 Å².